The molecule has 2 aromatic rings. The minimum atomic E-state index is -0.118. The first kappa shape index (κ1) is 17.5. The maximum Gasteiger partial charge on any atom is 0.258 e. The summed E-state index contributed by atoms with van der Waals surface area (Å²) in [5.74, 6) is 0.735. The van der Waals surface area contributed by atoms with Gasteiger partial charge in [-0.1, -0.05) is 24.3 Å². The second-order valence-electron chi connectivity index (χ2n) is 6.08. The first-order valence-electron chi connectivity index (χ1n) is 8.48. The van der Waals surface area contributed by atoms with Crippen LogP contribution in [0.1, 0.15) is 17.7 Å². The predicted molar refractivity (Wildman–Crippen MR) is 97.7 cm³/mol. The summed E-state index contributed by atoms with van der Waals surface area (Å²) in [5.41, 5.74) is 0. The van der Waals surface area contributed by atoms with E-state index < -0.39 is 0 Å². The molecule has 25 heavy (non-hydrogen) atoms. The van der Waals surface area contributed by atoms with Gasteiger partial charge in [0.2, 0.25) is 5.91 Å². The van der Waals surface area contributed by atoms with Gasteiger partial charge in [0.15, 0.2) is 6.61 Å². The fourth-order valence-electron chi connectivity index (χ4n) is 2.88. The number of amides is 2. The van der Waals surface area contributed by atoms with Crippen LogP contribution in [0.5, 0.6) is 5.75 Å². The van der Waals surface area contributed by atoms with Crippen LogP contribution in [0, 0.1) is 0 Å². The van der Waals surface area contributed by atoms with E-state index in [9.17, 15) is 9.59 Å². The van der Waals surface area contributed by atoms with Crippen LogP contribution >= 0.6 is 11.3 Å². The Labute approximate surface area is 151 Å². The van der Waals surface area contributed by atoms with Gasteiger partial charge in [-0.15, -0.1) is 11.3 Å². The fraction of sp³-hybridized carbons (Fsp3) is 0.368. The van der Waals surface area contributed by atoms with E-state index in [0.717, 1.165) is 17.7 Å². The van der Waals surface area contributed by atoms with Crippen molar-refractivity contribution in [3.05, 3.63) is 52.7 Å². The molecule has 2 heterocycles. The lowest BCUT2D eigenvalue weighted by Crippen LogP contribution is -2.47. The lowest BCUT2D eigenvalue weighted by atomic mass is 10.0. The van der Waals surface area contributed by atoms with E-state index in [4.69, 9.17) is 4.74 Å². The summed E-state index contributed by atoms with van der Waals surface area (Å²) in [6, 6.07) is 13.4. The van der Waals surface area contributed by atoms with Gasteiger partial charge in [0, 0.05) is 24.0 Å². The van der Waals surface area contributed by atoms with Crippen molar-refractivity contribution >= 4 is 23.2 Å². The van der Waals surface area contributed by atoms with Crippen LogP contribution in [-0.2, 0) is 16.0 Å². The lowest BCUT2D eigenvalue weighted by Gasteiger charge is -2.32. The standard InChI is InChI=1S/C19H22N2O3S/c22-18(14-24-16-5-2-1-3-6-16)20-15-8-10-21(11-9-15)19(23)13-17-7-4-12-25-17/h1-7,12,15H,8-11,13-14H2,(H,20,22). The molecule has 1 N–H and O–H groups in total. The molecule has 0 unspecified atom stereocenters. The Bertz CT molecular complexity index is 680. The van der Waals surface area contributed by atoms with E-state index in [2.05, 4.69) is 5.32 Å². The fourth-order valence-corrected chi connectivity index (χ4v) is 3.58. The maximum absolute atomic E-state index is 12.3. The smallest absolute Gasteiger partial charge is 0.258 e. The van der Waals surface area contributed by atoms with Crippen molar-refractivity contribution < 1.29 is 14.3 Å². The minimum absolute atomic E-state index is 0.0154. The normalized spacial score (nSPS) is 15.0. The second kappa shape index (κ2) is 8.67. The molecule has 1 aromatic carbocycles. The van der Waals surface area contributed by atoms with Crippen molar-refractivity contribution in [1.29, 1.82) is 0 Å². The molecule has 0 atom stereocenters. The van der Waals surface area contributed by atoms with E-state index >= 15 is 0 Å². The first-order valence-corrected chi connectivity index (χ1v) is 9.36. The lowest BCUT2D eigenvalue weighted by molar-refractivity contribution is -0.131. The van der Waals surface area contributed by atoms with Gasteiger partial charge in [-0.3, -0.25) is 9.59 Å². The molecule has 0 saturated carbocycles. The summed E-state index contributed by atoms with van der Waals surface area (Å²) in [6.45, 7) is 1.39. The number of thiophene rings is 1. The van der Waals surface area contributed by atoms with Gasteiger partial charge in [-0.05, 0) is 36.4 Å². The summed E-state index contributed by atoms with van der Waals surface area (Å²) < 4.78 is 5.45. The van der Waals surface area contributed by atoms with Gasteiger partial charge in [0.05, 0.1) is 6.42 Å². The molecule has 2 amide bonds. The molecule has 0 bridgehead atoms. The van der Waals surface area contributed by atoms with Crippen molar-refractivity contribution in [1.82, 2.24) is 10.2 Å². The number of hydrogen-bond acceptors (Lipinski definition) is 4. The number of piperidine rings is 1. The molecule has 132 valence electrons. The van der Waals surface area contributed by atoms with Gasteiger partial charge in [0.25, 0.3) is 5.91 Å². The van der Waals surface area contributed by atoms with Crippen LogP contribution < -0.4 is 10.1 Å². The second-order valence-corrected chi connectivity index (χ2v) is 7.11. The highest BCUT2D eigenvalue weighted by molar-refractivity contribution is 7.10. The molecule has 0 spiro atoms. The zero-order valence-corrected chi connectivity index (χ0v) is 14.8. The summed E-state index contributed by atoms with van der Waals surface area (Å²) in [7, 11) is 0. The Kier molecular flexibility index (Phi) is 6.06. The zero-order valence-electron chi connectivity index (χ0n) is 14.0. The maximum atomic E-state index is 12.3. The number of rotatable bonds is 6. The number of para-hydroxylation sites is 1. The molecule has 0 radical (unpaired) electrons. The number of benzene rings is 1. The summed E-state index contributed by atoms with van der Waals surface area (Å²) in [5, 5.41) is 4.98. The van der Waals surface area contributed by atoms with E-state index in [1.54, 1.807) is 11.3 Å². The Morgan fingerprint density at radius 3 is 2.56 bits per heavy atom. The number of nitrogens with one attached hydrogen (secondary N) is 1. The van der Waals surface area contributed by atoms with Crippen molar-refractivity contribution in [2.24, 2.45) is 0 Å². The van der Waals surface area contributed by atoms with Crippen molar-refractivity contribution in [3.8, 4) is 5.75 Å². The van der Waals surface area contributed by atoms with Gasteiger partial charge < -0.3 is 15.0 Å². The first-order chi connectivity index (χ1) is 12.2. The number of hydrogen-bond donors (Lipinski definition) is 1. The molecule has 5 nitrogen and oxygen atoms in total. The van der Waals surface area contributed by atoms with E-state index in [0.29, 0.717) is 25.3 Å². The Morgan fingerprint density at radius 2 is 1.88 bits per heavy atom. The molecular formula is C19H22N2O3S. The molecule has 0 aliphatic carbocycles. The third-order valence-electron chi connectivity index (χ3n) is 4.23. The third kappa shape index (κ3) is 5.32. The van der Waals surface area contributed by atoms with Crippen molar-refractivity contribution in [3.63, 3.8) is 0 Å². The molecule has 3 rings (SSSR count). The van der Waals surface area contributed by atoms with E-state index in [-0.39, 0.29) is 24.5 Å². The number of carbonyl (C=O) groups excluding carboxylic acids is 2. The van der Waals surface area contributed by atoms with Gasteiger partial charge >= 0.3 is 0 Å². The number of likely N-dealkylation sites (tertiary alicyclic amines) is 1. The van der Waals surface area contributed by atoms with E-state index in [1.165, 1.54) is 0 Å². The molecule has 1 aliphatic heterocycles. The van der Waals surface area contributed by atoms with Gasteiger partial charge in [-0.2, -0.15) is 0 Å². The Balaban J connectivity index is 1.37. The SMILES string of the molecule is O=C(COc1ccccc1)NC1CCN(C(=O)Cc2cccs2)CC1. The average Bonchev–Trinajstić information content (AvgIpc) is 3.14. The van der Waals surface area contributed by atoms with Gasteiger partial charge in [-0.25, -0.2) is 0 Å². The molecular weight excluding hydrogens is 336 g/mol. The predicted octanol–water partition coefficient (Wildman–Crippen LogP) is 2.48. The van der Waals surface area contributed by atoms with Crippen molar-refractivity contribution in [2.75, 3.05) is 19.7 Å². The van der Waals surface area contributed by atoms with E-state index in [1.807, 2.05) is 52.7 Å². The van der Waals surface area contributed by atoms with Crippen LogP contribution in [-0.4, -0.2) is 42.5 Å². The van der Waals surface area contributed by atoms with Gasteiger partial charge in [0.1, 0.15) is 5.75 Å². The molecule has 1 fully saturated rings. The number of carbonyl (C=O) groups is 2. The highest BCUT2D eigenvalue weighted by Gasteiger charge is 2.24. The summed E-state index contributed by atoms with van der Waals surface area (Å²) >= 11 is 1.61. The zero-order chi connectivity index (χ0) is 17.5. The van der Waals surface area contributed by atoms with Crippen LogP contribution in [0.4, 0.5) is 0 Å². The topological polar surface area (TPSA) is 58.6 Å². The van der Waals surface area contributed by atoms with Crippen LogP contribution in [0.15, 0.2) is 47.8 Å². The Hall–Kier alpha value is -2.34. The van der Waals surface area contributed by atoms with Crippen LogP contribution in [0.3, 0.4) is 0 Å². The molecule has 1 aliphatic rings. The number of nitrogens with zero attached hydrogens (tertiary/aromatic N) is 1. The summed E-state index contributed by atoms with van der Waals surface area (Å²) in [4.78, 5) is 27.3. The highest BCUT2D eigenvalue weighted by atomic mass is 32.1. The monoisotopic (exact) mass is 358 g/mol. The number of ether oxygens (including phenoxy) is 1. The average molecular weight is 358 g/mol. The van der Waals surface area contributed by atoms with Crippen LogP contribution in [0.2, 0.25) is 0 Å². The largest absolute Gasteiger partial charge is 0.484 e. The highest BCUT2D eigenvalue weighted by Crippen LogP contribution is 2.15. The molecule has 1 aromatic heterocycles. The Morgan fingerprint density at radius 1 is 1.12 bits per heavy atom. The quantitative estimate of drug-likeness (QED) is 0.863. The third-order valence-corrected chi connectivity index (χ3v) is 5.11. The summed E-state index contributed by atoms with van der Waals surface area (Å²) in [6.07, 6.45) is 2.04. The van der Waals surface area contributed by atoms with Crippen LogP contribution in [0.25, 0.3) is 0 Å². The molecule has 1 saturated heterocycles. The minimum Gasteiger partial charge on any atom is -0.484 e. The van der Waals surface area contributed by atoms with Crippen molar-refractivity contribution in [2.45, 2.75) is 25.3 Å². The molecule has 6 heteroatoms.